The minimum Gasteiger partial charge on any atom is -0.416 e. The molecule has 0 spiro atoms. The van der Waals surface area contributed by atoms with Crippen LogP contribution in [0.4, 0.5) is 23.9 Å². The summed E-state index contributed by atoms with van der Waals surface area (Å²) in [6.07, 6.45) is -4.12. The maximum atomic E-state index is 13.4. The first-order valence-corrected chi connectivity index (χ1v) is 15.9. The van der Waals surface area contributed by atoms with Gasteiger partial charge in [0, 0.05) is 19.1 Å². The first-order chi connectivity index (χ1) is 17.4. The lowest BCUT2D eigenvalue weighted by atomic mass is 9.90. The van der Waals surface area contributed by atoms with Crippen molar-refractivity contribution in [3.63, 3.8) is 0 Å². The van der Waals surface area contributed by atoms with Gasteiger partial charge in [-0.1, -0.05) is 50.0 Å². The van der Waals surface area contributed by atoms with E-state index in [1.807, 2.05) is 6.07 Å². The second-order valence-corrected chi connectivity index (χ2v) is 16.7. The predicted molar refractivity (Wildman–Crippen MR) is 146 cm³/mol. The number of anilines is 1. The number of hydrogen-bond acceptors (Lipinski definition) is 5. The van der Waals surface area contributed by atoms with Crippen molar-refractivity contribution in [2.45, 2.75) is 76.9 Å². The van der Waals surface area contributed by atoms with Gasteiger partial charge in [-0.2, -0.15) is 13.2 Å². The summed E-state index contributed by atoms with van der Waals surface area (Å²) in [6.45, 7) is 12.2. The average molecular weight is 593 g/mol. The van der Waals surface area contributed by atoms with E-state index in [-0.39, 0.29) is 24.1 Å². The quantitative estimate of drug-likeness (QED) is 0.348. The van der Waals surface area contributed by atoms with Crippen LogP contribution in [0, 0.1) is 0 Å². The Balaban J connectivity index is 2.17. The molecule has 38 heavy (non-hydrogen) atoms. The number of alkyl halides is 3. The summed E-state index contributed by atoms with van der Waals surface area (Å²) in [5.41, 5.74) is 7.96. The van der Waals surface area contributed by atoms with Gasteiger partial charge in [0.2, 0.25) is 5.95 Å². The SMILES string of the molecule is CC(Nc1nc2c(c([C@@H](CO[Si](C)(C)C(C)(C)C)c3ccc(Cl)c(Cl)c3)n1)CCN(C(N)=O)C2)C(F)(F)F. The molecule has 1 unspecified atom stereocenters. The van der Waals surface area contributed by atoms with Crippen LogP contribution in [-0.2, 0) is 17.4 Å². The lowest BCUT2D eigenvalue weighted by Gasteiger charge is -2.38. The molecule has 13 heteroatoms. The number of hydrogen-bond donors (Lipinski definition) is 2. The molecule has 0 saturated heterocycles. The van der Waals surface area contributed by atoms with Crippen molar-refractivity contribution in [3.8, 4) is 0 Å². The second-order valence-electron chi connectivity index (χ2n) is 11.1. The minimum absolute atomic E-state index is 0.0620. The first kappa shape index (κ1) is 30.5. The molecule has 2 amide bonds. The first-order valence-electron chi connectivity index (χ1n) is 12.3. The fourth-order valence-corrected chi connectivity index (χ4v) is 5.17. The van der Waals surface area contributed by atoms with E-state index in [2.05, 4.69) is 49.1 Å². The Bertz CT molecular complexity index is 1190. The fourth-order valence-electron chi connectivity index (χ4n) is 3.85. The van der Waals surface area contributed by atoms with E-state index < -0.39 is 32.5 Å². The number of aromatic nitrogens is 2. The number of rotatable bonds is 7. The highest BCUT2D eigenvalue weighted by atomic mass is 35.5. The van der Waals surface area contributed by atoms with Crippen LogP contribution in [0.5, 0.6) is 0 Å². The zero-order valence-corrected chi connectivity index (χ0v) is 24.9. The molecule has 2 aromatic rings. The number of carbonyl (C=O) groups is 1. The van der Waals surface area contributed by atoms with Gasteiger partial charge in [0.25, 0.3) is 0 Å². The van der Waals surface area contributed by atoms with E-state index in [1.165, 1.54) is 4.90 Å². The van der Waals surface area contributed by atoms with Crippen molar-refractivity contribution < 1.29 is 22.4 Å². The van der Waals surface area contributed by atoms with E-state index in [1.54, 1.807) is 12.1 Å². The Morgan fingerprint density at radius 1 is 1.21 bits per heavy atom. The third kappa shape index (κ3) is 6.91. The monoisotopic (exact) mass is 591 g/mol. The zero-order chi connectivity index (χ0) is 28.6. The predicted octanol–water partition coefficient (Wildman–Crippen LogP) is 6.74. The van der Waals surface area contributed by atoms with Gasteiger partial charge < -0.3 is 20.4 Å². The molecule has 0 aliphatic carbocycles. The van der Waals surface area contributed by atoms with E-state index in [0.717, 1.165) is 18.1 Å². The number of amides is 2. The number of carbonyl (C=O) groups excluding carboxylic acids is 1. The van der Waals surface area contributed by atoms with Gasteiger partial charge in [-0.25, -0.2) is 14.8 Å². The highest BCUT2D eigenvalue weighted by molar-refractivity contribution is 6.74. The summed E-state index contributed by atoms with van der Waals surface area (Å²) in [5, 5.41) is 3.02. The highest BCUT2D eigenvalue weighted by Gasteiger charge is 2.40. The van der Waals surface area contributed by atoms with E-state index in [9.17, 15) is 18.0 Å². The van der Waals surface area contributed by atoms with Crippen LogP contribution in [0.3, 0.4) is 0 Å². The lowest BCUT2D eigenvalue weighted by molar-refractivity contribution is -0.138. The van der Waals surface area contributed by atoms with Crippen molar-refractivity contribution in [2.24, 2.45) is 5.73 Å². The van der Waals surface area contributed by atoms with Crippen LogP contribution in [-0.4, -0.2) is 54.6 Å². The third-order valence-corrected chi connectivity index (χ3v) is 12.6. The van der Waals surface area contributed by atoms with Crippen LogP contribution in [0.25, 0.3) is 0 Å². The summed E-state index contributed by atoms with van der Waals surface area (Å²) in [5.74, 6) is -0.662. The Hall–Kier alpha value is -2.08. The van der Waals surface area contributed by atoms with Crippen LogP contribution in [0.1, 0.15) is 56.1 Å². The Kier molecular flexibility index (Phi) is 8.97. The van der Waals surface area contributed by atoms with Crippen molar-refractivity contribution >= 4 is 43.5 Å². The van der Waals surface area contributed by atoms with Crippen LogP contribution < -0.4 is 11.1 Å². The fraction of sp³-hybridized carbons (Fsp3) is 0.560. The lowest BCUT2D eigenvalue weighted by Crippen LogP contribution is -2.42. The number of nitrogens with two attached hydrogens (primary N) is 1. The molecular weight excluding hydrogens is 558 g/mol. The van der Waals surface area contributed by atoms with E-state index in [0.29, 0.717) is 34.4 Å². The van der Waals surface area contributed by atoms with Crippen molar-refractivity contribution in [1.82, 2.24) is 14.9 Å². The van der Waals surface area contributed by atoms with Gasteiger partial charge in [-0.05, 0) is 54.7 Å². The van der Waals surface area contributed by atoms with E-state index >= 15 is 0 Å². The number of halogens is 5. The molecule has 0 fully saturated rings. The molecule has 3 rings (SSSR count). The standard InChI is InChI=1S/C25H34Cl2F3N5O2Si/c1-14(25(28,29)30)32-23-33-20-12-35(22(31)36)10-9-16(20)21(34-23)17(13-37-38(5,6)24(2,3)4)15-7-8-18(26)19(27)11-15/h7-8,11,14,17H,9-10,12-13H2,1-6H3,(H2,31,36)(H,32,33,34)/t14?,17-/m0/s1. The van der Waals surface area contributed by atoms with Gasteiger partial charge in [0.1, 0.15) is 6.04 Å². The van der Waals surface area contributed by atoms with Gasteiger partial charge in [-0.3, -0.25) is 0 Å². The number of primary amides is 1. The molecule has 0 radical (unpaired) electrons. The molecule has 3 N–H and O–H groups in total. The normalized spacial score (nSPS) is 16.1. The zero-order valence-electron chi connectivity index (χ0n) is 22.3. The molecular formula is C25H34Cl2F3N5O2Si. The van der Waals surface area contributed by atoms with Crippen molar-refractivity contribution in [3.05, 3.63) is 50.8 Å². The van der Waals surface area contributed by atoms with Crippen LogP contribution in [0.2, 0.25) is 28.2 Å². The smallest absolute Gasteiger partial charge is 0.408 e. The third-order valence-electron chi connectivity index (χ3n) is 7.34. The van der Waals surface area contributed by atoms with Crippen molar-refractivity contribution in [2.75, 3.05) is 18.5 Å². The maximum absolute atomic E-state index is 13.4. The summed E-state index contributed by atoms with van der Waals surface area (Å²) in [7, 11) is -2.22. The number of benzene rings is 1. The summed E-state index contributed by atoms with van der Waals surface area (Å²) in [6, 6.07) is 2.69. The average Bonchev–Trinajstić information content (AvgIpc) is 2.79. The summed E-state index contributed by atoms with van der Waals surface area (Å²) in [4.78, 5) is 22.2. The molecule has 2 atom stereocenters. The highest BCUT2D eigenvalue weighted by Crippen LogP contribution is 2.40. The summed E-state index contributed by atoms with van der Waals surface area (Å²) < 4.78 is 46.7. The minimum atomic E-state index is -4.51. The number of nitrogens with zero attached hydrogens (tertiary/aromatic N) is 3. The summed E-state index contributed by atoms with van der Waals surface area (Å²) >= 11 is 12.5. The van der Waals surface area contributed by atoms with Gasteiger partial charge in [-0.15, -0.1) is 0 Å². The van der Waals surface area contributed by atoms with Crippen LogP contribution in [0.15, 0.2) is 18.2 Å². The number of urea groups is 1. The molecule has 7 nitrogen and oxygen atoms in total. The van der Waals surface area contributed by atoms with Gasteiger partial charge >= 0.3 is 12.2 Å². The van der Waals surface area contributed by atoms with Crippen molar-refractivity contribution in [1.29, 1.82) is 0 Å². The Morgan fingerprint density at radius 3 is 2.42 bits per heavy atom. The molecule has 1 aromatic heterocycles. The molecule has 1 aromatic carbocycles. The Labute approximate surface area is 232 Å². The number of fused-ring (bicyclic) bond motifs is 1. The van der Waals surface area contributed by atoms with Gasteiger partial charge in [0.05, 0.1) is 28.0 Å². The molecule has 2 heterocycles. The molecule has 0 bridgehead atoms. The molecule has 1 aliphatic heterocycles. The molecule has 1 aliphatic rings. The Morgan fingerprint density at radius 2 is 1.87 bits per heavy atom. The second kappa shape index (κ2) is 11.2. The topological polar surface area (TPSA) is 93.4 Å². The molecule has 0 saturated carbocycles. The largest absolute Gasteiger partial charge is 0.416 e. The van der Waals surface area contributed by atoms with E-state index in [4.69, 9.17) is 33.4 Å². The van der Waals surface area contributed by atoms with Gasteiger partial charge in [0.15, 0.2) is 8.32 Å². The molecule has 210 valence electrons. The maximum Gasteiger partial charge on any atom is 0.408 e. The van der Waals surface area contributed by atoms with Crippen LogP contribution >= 0.6 is 23.2 Å². The number of nitrogens with one attached hydrogen (secondary N) is 1.